The molecular weight excluding hydrogens is 150 g/mol. The van der Waals surface area contributed by atoms with Crippen molar-refractivity contribution < 1.29 is 0 Å². The van der Waals surface area contributed by atoms with Crippen molar-refractivity contribution in [3.8, 4) is 0 Å². The Balaban J connectivity index is 2.62. The van der Waals surface area contributed by atoms with Gasteiger partial charge in [0, 0.05) is 18.6 Å². The van der Waals surface area contributed by atoms with Gasteiger partial charge in [0.05, 0.1) is 11.9 Å². The second-order valence-corrected chi connectivity index (χ2v) is 3.16. The molecule has 0 fully saturated rings. The normalized spacial score (nSPS) is 11.2. The van der Waals surface area contributed by atoms with E-state index in [1.165, 1.54) is 0 Å². The van der Waals surface area contributed by atoms with Crippen LogP contribution < -0.4 is 0 Å². The minimum atomic E-state index is 0.477. The molecule has 0 aliphatic rings. The van der Waals surface area contributed by atoms with E-state index in [1.54, 1.807) is 12.4 Å². The Morgan fingerprint density at radius 3 is 2.92 bits per heavy atom. The maximum atomic E-state index is 4.41. The van der Waals surface area contributed by atoms with E-state index in [9.17, 15) is 0 Å². The van der Waals surface area contributed by atoms with Crippen LogP contribution in [0, 0.1) is 0 Å². The predicted octanol–water partition coefficient (Wildman–Crippen LogP) is 1.85. The highest BCUT2D eigenvalue weighted by atomic mass is 15.0. The molecule has 0 saturated heterocycles. The maximum absolute atomic E-state index is 4.41. The Morgan fingerprint density at radius 2 is 2.25 bits per heavy atom. The first-order valence-corrected chi connectivity index (χ1v) is 4.06. The summed E-state index contributed by atoms with van der Waals surface area (Å²) < 4.78 is 1.99. The van der Waals surface area contributed by atoms with Crippen LogP contribution in [-0.2, 0) is 0 Å². The van der Waals surface area contributed by atoms with Gasteiger partial charge in [-0.25, -0.2) is 4.98 Å². The van der Waals surface area contributed by atoms with Gasteiger partial charge in [-0.15, -0.1) is 0 Å². The fourth-order valence-corrected chi connectivity index (χ4v) is 1.14. The number of imidazole rings is 1. The van der Waals surface area contributed by atoms with Gasteiger partial charge in [-0.2, -0.15) is 0 Å². The molecule has 2 rings (SSSR count). The number of aromatic nitrogens is 3. The van der Waals surface area contributed by atoms with Crippen LogP contribution in [0.4, 0.5) is 0 Å². The lowest BCUT2D eigenvalue weighted by Gasteiger charge is -1.94. The van der Waals surface area contributed by atoms with E-state index < -0.39 is 0 Å². The molecule has 2 aromatic heterocycles. The quantitative estimate of drug-likeness (QED) is 0.639. The summed E-state index contributed by atoms with van der Waals surface area (Å²) in [4.78, 5) is 8.41. The van der Waals surface area contributed by atoms with Crippen LogP contribution in [0.1, 0.15) is 25.5 Å². The Morgan fingerprint density at radius 1 is 1.42 bits per heavy atom. The van der Waals surface area contributed by atoms with E-state index in [4.69, 9.17) is 0 Å². The minimum absolute atomic E-state index is 0.477. The van der Waals surface area contributed by atoms with Gasteiger partial charge in [0.25, 0.3) is 0 Å². The molecule has 0 aromatic carbocycles. The summed E-state index contributed by atoms with van der Waals surface area (Å²) in [6.45, 7) is 4.27. The Bertz CT molecular complexity index is 356. The number of rotatable bonds is 1. The van der Waals surface area contributed by atoms with Crippen molar-refractivity contribution in [2.45, 2.75) is 19.8 Å². The van der Waals surface area contributed by atoms with Crippen molar-refractivity contribution >= 4 is 5.65 Å². The number of hydrogen-bond donors (Lipinski definition) is 0. The molecule has 0 saturated carbocycles. The second kappa shape index (κ2) is 2.59. The highest BCUT2D eigenvalue weighted by Crippen LogP contribution is 2.12. The van der Waals surface area contributed by atoms with Crippen LogP contribution in [-0.4, -0.2) is 14.4 Å². The van der Waals surface area contributed by atoms with Gasteiger partial charge in [0.2, 0.25) is 0 Å². The maximum Gasteiger partial charge on any atom is 0.155 e. The first kappa shape index (κ1) is 7.28. The van der Waals surface area contributed by atoms with Gasteiger partial charge >= 0.3 is 0 Å². The zero-order valence-corrected chi connectivity index (χ0v) is 7.23. The molecular formula is C9H11N3. The first-order chi connectivity index (χ1) is 5.77. The van der Waals surface area contributed by atoms with Crippen molar-refractivity contribution in [2.24, 2.45) is 0 Å². The van der Waals surface area contributed by atoms with E-state index in [2.05, 4.69) is 23.8 Å². The molecule has 0 atom stereocenters. The van der Waals surface area contributed by atoms with Gasteiger partial charge in [-0.1, -0.05) is 13.8 Å². The highest BCUT2D eigenvalue weighted by Gasteiger charge is 2.03. The van der Waals surface area contributed by atoms with E-state index >= 15 is 0 Å². The fourth-order valence-electron chi connectivity index (χ4n) is 1.14. The molecule has 0 bridgehead atoms. The lowest BCUT2D eigenvalue weighted by Crippen LogP contribution is -1.84. The van der Waals surface area contributed by atoms with Gasteiger partial charge in [0.15, 0.2) is 5.65 Å². The molecule has 0 spiro atoms. The third-order valence-electron chi connectivity index (χ3n) is 1.87. The summed E-state index contributed by atoms with van der Waals surface area (Å²) in [5.74, 6) is 0.477. The number of hydrogen-bond acceptors (Lipinski definition) is 2. The molecule has 0 aliphatic carbocycles. The third kappa shape index (κ3) is 1.07. The molecule has 12 heavy (non-hydrogen) atoms. The average molecular weight is 161 g/mol. The molecule has 0 N–H and O–H groups in total. The Kier molecular flexibility index (Phi) is 1.57. The SMILES string of the molecule is CC(C)c1cn2ccncc2n1. The zero-order valence-electron chi connectivity index (χ0n) is 7.23. The van der Waals surface area contributed by atoms with Crippen LogP contribution in [0.25, 0.3) is 5.65 Å². The molecule has 0 aliphatic heterocycles. The van der Waals surface area contributed by atoms with Crippen molar-refractivity contribution in [2.75, 3.05) is 0 Å². The standard InChI is InChI=1S/C9H11N3/c1-7(2)8-6-12-4-3-10-5-9(12)11-8/h3-7H,1-2H3. The summed E-state index contributed by atoms with van der Waals surface area (Å²) in [6, 6.07) is 0. The summed E-state index contributed by atoms with van der Waals surface area (Å²) in [6.07, 6.45) is 7.49. The largest absolute Gasteiger partial charge is 0.304 e. The van der Waals surface area contributed by atoms with E-state index in [-0.39, 0.29) is 0 Å². The van der Waals surface area contributed by atoms with E-state index in [0.717, 1.165) is 11.3 Å². The predicted molar refractivity (Wildman–Crippen MR) is 47.1 cm³/mol. The lowest BCUT2D eigenvalue weighted by molar-refractivity contribution is 0.834. The first-order valence-electron chi connectivity index (χ1n) is 4.06. The summed E-state index contributed by atoms with van der Waals surface area (Å²) >= 11 is 0. The fraction of sp³-hybridized carbons (Fsp3) is 0.333. The monoisotopic (exact) mass is 161 g/mol. The summed E-state index contributed by atoms with van der Waals surface area (Å²) in [5.41, 5.74) is 2.03. The van der Waals surface area contributed by atoms with Crippen LogP contribution in [0.5, 0.6) is 0 Å². The zero-order chi connectivity index (χ0) is 8.55. The molecule has 0 amide bonds. The third-order valence-corrected chi connectivity index (χ3v) is 1.87. The molecule has 0 unspecified atom stereocenters. The summed E-state index contributed by atoms with van der Waals surface area (Å²) in [5, 5.41) is 0. The van der Waals surface area contributed by atoms with Crippen molar-refractivity contribution in [3.63, 3.8) is 0 Å². The Hall–Kier alpha value is -1.38. The number of nitrogens with zero attached hydrogens (tertiary/aromatic N) is 3. The van der Waals surface area contributed by atoms with Crippen molar-refractivity contribution in [1.82, 2.24) is 14.4 Å². The molecule has 3 nitrogen and oxygen atoms in total. The molecule has 2 heterocycles. The Labute approximate surface area is 71.1 Å². The van der Waals surface area contributed by atoms with Crippen LogP contribution in [0.3, 0.4) is 0 Å². The van der Waals surface area contributed by atoms with Crippen molar-refractivity contribution in [1.29, 1.82) is 0 Å². The molecule has 3 heteroatoms. The minimum Gasteiger partial charge on any atom is -0.304 e. The average Bonchev–Trinajstić information content (AvgIpc) is 2.46. The van der Waals surface area contributed by atoms with Crippen LogP contribution in [0.15, 0.2) is 24.8 Å². The molecule has 62 valence electrons. The summed E-state index contributed by atoms with van der Waals surface area (Å²) in [7, 11) is 0. The van der Waals surface area contributed by atoms with Crippen LogP contribution in [0.2, 0.25) is 0 Å². The van der Waals surface area contributed by atoms with E-state index in [1.807, 2.05) is 16.8 Å². The topological polar surface area (TPSA) is 30.2 Å². The van der Waals surface area contributed by atoms with Gasteiger partial charge in [0.1, 0.15) is 0 Å². The van der Waals surface area contributed by atoms with E-state index in [0.29, 0.717) is 5.92 Å². The highest BCUT2D eigenvalue weighted by molar-refractivity contribution is 5.37. The van der Waals surface area contributed by atoms with Crippen LogP contribution >= 0.6 is 0 Å². The smallest absolute Gasteiger partial charge is 0.155 e. The molecule has 2 aromatic rings. The van der Waals surface area contributed by atoms with Crippen molar-refractivity contribution in [3.05, 3.63) is 30.5 Å². The van der Waals surface area contributed by atoms with Gasteiger partial charge in [-0.3, -0.25) is 4.98 Å². The van der Waals surface area contributed by atoms with Gasteiger partial charge < -0.3 is 4.40 Å². The number of fused-ring (bicyclic) bond motifs is 1. The van der Waals surface area contributed by atoms with Gasteiger partial charge in [-0.05, 0) is 5.92 Å². The lowest BCUT2D eigenvalue weighted by atomic mass is 10.2. The molecule has 0 radical (unpaired) electrons. The second-order valence-electron chi connectivity index (χ2n) is 3.16.